The molecule has 2 aromatic rings. The van der Waals surface area contributed by atoms with Gasteiger partial charge in [0.25, 0.3) is 0 Å². The molecule has 0 aliphatic carbocycles. The van der Waals surface area contributed by atoms with Crippen LogP contribution in [0, 0.1) is 0 Å². The molecule has 0 spiro atoms. The third-order valence-corrected chi connectivity index (χ3v) is 3.60. The summed E-state index contributed by atoms with van der Waals surface area (Å²) in [5.74, 6) is 0.790. The number of para-hydroxylation sites is 1. The maximum absolute atomic E-state index is 9.96. The van der Waals surface area contributed by atoms with Crippen LogP contribution in [0.25, 0.3) is 0 Å². The Hall–Kier alpha value is -1.84. The Morgan fingerprint density at radius 3 is 2.32 bits per heavy atom. The van der Waals surface area contributed by atoms with Crippen LogP contribution in [0.4, 0.5) is 0 Å². The van der Waals surface area contributed by atoms with E-state index in [4.69, 9.17) is 4.74 Å². The van der Waals surface area contributed by atoms with Gasteiger partial charge in [-0.05, 0) is 37.5 Å². The van der Waals surface area contributed by atoms with E-state index in [1.807, 2.05) is 36.4 Å². The van der Waals surface area contributed by atoms with Crippen LogP contribution < -0.4 is 10.1 Å². The van der Waals surface area contributed by atoms with Crippen molar-refractivity contribution in [2.75, 3.05) is 13.2 Å². The van der Waals surface area contributed by atoms with Gasteiger partial charge in [0.15, 0.2) is 0 Å². The minimum absolute atomic E-state index is 0.308. The number of aliphatic hydroxyl groups is 1. The molecule has 0 aliphatic rings. The molecule has 0 aliphatic heterocycles. The van der Waals surface area contributed by atoms with Crippen molar-refractivity contribution in [3.05, 3.63) is 66.2 Å². The van der Waals surface area contributed by atoms with Crippen LogP contribution in [0.2, 0.25) is 0 Å². The predicted molar refractivity (Wildman–Crippen MR) is 90.2 cm³/mol. The average molecular weight is 299 g/mol. The zero-order valence-corrected chi connectivity index (χ0v) is 13.1. The topological polar surface area (TPSA) is 41.5 Å². The molecular weight excluding hydrogens is 274 g/mol. The van der Waals surface area contributed by atoms with Gasteiger partial charge in [-0.25, -0.2) is 0 Å². The maximum atomic E-state index is 9.96. The third-order valence-electron chi connectivity index (χ3n) is 3.60. The fourth-order valence-electron chi connectivity index (χ4n) is 2.24. The summed E-state index contributed by atoms with van der Waals surface area (Å²) in [4.78, 5) is 0. The highest BCUT2D eigenvalue weighted by atomic mass is 16.5. The number of aryl methyl sites for hydroxylation is 1. The van der Waals surface area contributed by atoms with E-state index in [-0.39, 0.29) is 0 Å². The van der Waals surface area contributed by atoms with Crippen molar-refractivity contribution >= 4 is 0 Å². The van der Waals surface area contributed by atoms with Crippen molar-refractivity contribution in [1.29, 1.82) is 0 Å². The molecule has 2 atom stereocenters. The maximum Gasteiger partial charge on any atom is 0.119 e. The van der Waals surface area contributed by atoms with Crippen LogP contribution in [0.1, 0.15) is 18.9 Å². The molecule has 118 valence electrons. The predicted octanol–water partition coefficient (Wildman–Crippen LogP) is 3.04. The number of nitrogens with one attached hydrogen (secondary N) is 1. The summed E-state index contributed by atoms with van der Waals surface area (Å²) in [5, 5.41) is 13.3. The van der Waals surface area contributed by atoms with Gasteiger partial charge in [0.05, 0.1) is 0 Å². The molecule has 0 unspecified atom stereocenters. The lowest BCUT2D eigenvalue weighted by molar-refractivity contribution is 0.104. The molecule has 3 heteroatoms. The van der Waals surface area contributed by atoms with Gasteiger partial charge in [0.2, 0.25) is 0 Å². The summed E-state index contributed by atoms with van der Waals surface area (Å²) in [5.41, 5.74) is 1.35. The van der Waals surface area contributed by atoms with Gasteiger partial charge >= 0.3 is 0 Å². The molecule has 0 aromatic heterocycles. The molecule has 0 radical (unpaired) electrons. The highest BCUT2D eigenvalue weighted by Gasteiger charge is 2.08. The van der Waals surface area contributed by atoms with Crippen molar-refractivity contribution in [2.24, 2.45) is 0 Å². The monoisotopic (exact) mass is 299 g/mol. The van der Waals surface area contributed by atoms with Crippen molar-refractivity contribution in [3.8, 4) is 5.75 Å². The van der Waals surface area contributed by atoms with Crippen molar-refractivity contribution in [2.45, 2.75) is 31.9 Å². The molecule has 2 aromatic carbocycles. The molecule has 0 heterocycles. The number of hydrogen-bond donors (Lipinski definition) is 2. The minimum Gasteiger partial charge on any atom is -0.491 e. The SMILES string of the molecule is C[C@@H](CCc1ccccc1)NC[C@@H](O)COc1ccccc1. The largest absolute Gasteiger partial charge is 0.491 e. The van der Waals surface area contributed by atoms with Gasteiger partial charge < -0.3 is 15.2 Å². The molecule has 0 amide bonds. The fourth-order valence-corrected chi connectivity index (χ4v) is 2.24. The molecule has 0 fully saturated rings. The molecular formula is C19H25NO2. The van der Waals surface area contributed by atoms with Gasteiger partial charge in [0, 0.05) is 12.6 Å². The molecule has 2 N–H and O–H groups in total. The molecule has 0 saturated carbocycles. The van der Waals surface area contributed by atoms with Crippen LogP contribution in [0.15, 0.2) is 60.7 Å². The Bertz CT molecular complexity index is 466. The zero-order valence-electron chi connectivity index (χ0n) is 13.1. The van der Waals surface area contributed by atoms with E-state index in [1.165, 1.54) is 5.56 Å². The van der Waals surface area contributed by atoms with Crippen LogP contribution in [-0.4, -0.2) is 30.4 Å². The molecule has 0 saturated heterocycles. The number of aliphatic hydroxyl groups excluding tert-OH is 1. The number of rotatable bonds is 9. The second-order valence-electron chi connectivity index (χ2n) is 5.61. The second-order valence-corrected chi connectivity index (χ2v) is 5.61. The average Bonchev–Trinajstić information content (AvgIpc) is 2.58. The Labute approximate surface area is 133 Å². The first-order chi connectivity index (χ1) is 10.7. The summed E-state index contributed by atoms with van der Waals surface area (Å²) < 4.78 is 5.54. The quantitative estimate of drug-likeness (QED) is 0.748. The van der Waals surface area contributed by atoms with Gasteiger partial charge in [-0.1, -0.05) is 48.5 Å². The lowest BCUT2D eigenvalue weighted by atomic mass is 10.1. The highest BCUT2D eigenvalue weighted by Crippen LogP contribution is 2.08. The van der Waals surface area contributed by atoms with E-state index < -0.39 is 6.10 Å². The lowest BCUT2D eigenvalue weighted by Crippen LogP contribution is -2.36. The first-order valence-electron chi connectivity index (χ1n) is 7.87. The minimum atomic E-state index is -0.501. The molecule has 3 nitrogen and oxygen atoms in total. The van der Waals surface area contributed by atoms with E-state index in [0.717, 1.165) is 18.6 Å². The Balaban J connectivity index is 1.60. The van der Waals surface area contributed by atoms with Crippen molar-refractivity contribution in [1.82, 2.24) is 5.32 Å². The second kappa shape index (κ2) is 9.23. The van der Waals surface area contributed by atoms with E-state index >= 15 is 0 Å². The standard InChI is InChI=1S/C19H25NO2/c1-16(12-13-17-8-4-2-5-9-17)20-14-18(21)15-22-19-10-6-3-7-11-19/h2-11,16,18,20-21H,12-15H2,1H3/t16-,18+/m0/s1. The summed E-state index contributed by atoms with van der Waals surface area (Å²) in [6.07, 6.45) is 1.60. The van der Waals surface area contributed by atoms with Crippen LogP contribution in [0.5, 0.6) is 5.75 Å². The van der Waals surface area contributed by atoms with E-state index in [2.05, 4.69) is 36.5 Å². The van der Waals surface area contributed by atoms with Gasteiger partial charge in [0.1, 0.15) is 18.5 Å². The van der Waals surface area contributed by atoms with Gasteiger partial charge in [-0.15, -0.1) is 0 Å². The van der Waals surface area contributed by atoms with Crippen molar-refractivity contribution in [3.63, 3.8) is 0 Å². The van der Waals surface area contributed by atoms with Crippen molar-refractivity contribution < 1.29 is 9.84 Å². The first-order valence-corrected chi connectivity index (χ1v) is 7.87. The smallest absolute Gasteiger partial charge is 0.119 e. The van der Waals surface area contributed by atoms with Crippen LogP contribution in [-0.2, 0) is 6.42 Å². The number of benzene rings is 2. The van der Waals surface area contributed by atoms with Gasteiger partial charge in [-0.3, -0.25) is 0 Å². The molecule has 0 bridgehead atoms. The number of hydrogen-bond acceptors (Lipinski definition) is 3. The third kappa shape index (κ3) is 6.29. The highest BCUT2D eigenvalue weighted by molar-refractivity contribution is 5.20. The van der Waals surface area contributed by atoms with E-state index in [9.17, 15) is 5.11 Å². The summed E-state index contributed by atoms with van der Waals surface area (Å²) >= 11 is 0. The van der Waals surface area contributed by atoms with E-state index in [0.29, 0.717) is 19.2 Å². The Kier molecular flexibility index (Phi) is 6.94. The number of ether oxygens (including phenoxy) is 1. The van der Waals surface area contributed by atoms with Crippen LogP contribution >= 0.6 is 0 Å². The summed E-state index contributed by atoms with van der Waals surface area (Å²) in [6.45, 7) is 3.00. The molecule has 2 rings (SSSR count). The Morgan fingerprint density at radius 1 is 1.00 bits per heavy atom. The summed E-state index contributed by atoms with van der Waals surface area (Å²) in [6, 6.07) is 20.4. The Morgan fingerprint density at radius 2 is 1.64 bits per heavy atom. The lowest BCUT2D eigenvalue weighted by Gasteiger charge is -2.17. The first kappa shape index (κ1) is 16.5. The molecule has 22 heavy (non-hydrogen) atoms. The van der Waals surface area contributed by atoms with Crippen LogP contribution in [0.3, 0.4) is 0 Å². The van der Waals surface area contributed by atoms with E-state index in [1.54, 1.807) is 0 Å². The fraction of sp³-hybridized carbons (Fsp3) is 0.368. The normalized spacial score (nSPS) is 13.5. The zero-order chi connectivity index (χ0) is 15.6. The van der Waals surface area contributed by atoms with Gasteiger partial charge in [-0.2, -0.15) is 0 Å². The summed E-state index contributed by atoms with van der Waals surface area (Å²) in [7, 11) is 0.